The summed E-state index contributed by atoms with van der Waals surface area (Å²) in [5.41, 5.74) is 24.1. The maximum Gasteiger partial charge on any atom is 0.0943 e. The molecular weight excluding hydrogens is 1150 g/mol. The molecule has 4 heterocycles. The number of hydrogen-bond donors (Lipinski definition) is 2. The predicted octanol–water partition coefficient (Wildman–Crippen LogP) is 21.4. The van der Waals surface area contributed by atoms with Crippen LogP contribution >= 0.6 is 0 Å². The first-order chi connectivity index (χ1) is 37.5. The molecule has 0 radical (unpaired) electrons. The standard InChI is InChI=1S/C36H43N3.C36H41N3.2CH3.Hf/c2*1-22(2)27-14-8-9-15-30(27)36(39-35-28(23(3)4)16-11-17-29(35)24(5)6)33-20-12-19-32(38-33)31-18-10-13-26-21-25(7)37-34(26)31;;;/h8-20,22-25,36-37,39H,21H2,1-7H3;8-20,22-25,36H,21H2,1-7H3;2*1H3;/q;-2;2*-1;/t2*25-,36+;;;/m11.../s1. The van der Waals surface area contributed by atoms with Gasteiger partial charge in [0.15, 0.2) is 0 Å². The largest absolute Gasteiger partial charge is 0.681 e. The van der Waals surface area contributed by atoms with Crippen LogP contribution in [0.1, 0.15) is 212 Å². The molecule has 0 unspecified atom stereocenters. The molecule has 4 atom stereocenters. The third-order valence-corrected chi connectivity index (χ3v) is 15.8. The zero-order chi connectivity index (χ0) is 55.4. The molecule has 2 N–H and O–H groups in total. The fraction of sp³-hybridized carbons (Fsp3) is 0.351. The van der Waals surface area contributed by atoms with Crippen molar-refractivity contribution in [3.63, 3.8) is 0 Å². The number of fused-ring (bicyclic) bond motifs is 2. The minimum Gasteiger partial charge on any atom is -0.681 e. The van der Waals surface area contributed by atoms with Gasteiger partial charge in [0.25, 0.3) is 0 Å². The van der Waals surface area contributed by atoms with Crippen LogP contribution in [0.4, 0.5) is 22.7 Å². The summed E-state index contributed by atoms with van der Waals surface area (Å²) < 4.78 is 0. The number of hydrogen-bond acceptors (Lipinski definition) is 4. The van der Waals surface area contributed by atoms with Crippen LogP contribution in [0.3, 0.4) is 0 Å². The first-order valence-corrected chi connectivity index (χ1v) is 29.0. The summed E-state index contributed by atoms with van der Waals surface area (Å²) in [4.78, 5) is 10.7. The number of aromatic nitrogens is 2. The van der Waals surface area contributed by atoms with Gasteiger partial charge in [-0.1, -0.05) is 246 Å². The Labute approximate surface area is 508 Å². The van der Waals surface area contributed by atoms with E-state index in [1.807, 2.05) is 0 Å². The topological polar surface area (TPSA) is 78.0 Å². The van der Waals surface area contributed by atoms with Crippen molar-refractivity contribution in [3.05, 3.63) is 250 Å². The molecule has 0 saturated carbocycles. The molecule has 0 amide bonds. The number of nitrogens with one attached hydrogen (secondary N) is 2. The smallest absolute Gasteiger partial charge is 0.0943 e. The monoisotopic (exact) mass is 1240 g/mol. The van der Waals surface area contributed by atoms with E-state index in [2.05, 4.69) is 265 Å². The van der Waals surface area contributed by atoms with Gasteiger partial charge in [0.1, 0.15) is 0 Å². The van der Waals surface area contributed by atoms with Crippen LogP contribution < -0.4 is 10.6 Å². The fourth-order valence-electron chi connectivity index (χ4n) is 11.8. The van der Waals surface area contributed by atoms with Crippen molar-refractivity contribution in [2.75, 3.05) is 10.6 Å². The molecule has 2 aliphatic heterocycles. The molecule has 424 valence electrons. The van der Waals surface area contributed by atoms with E-state index in [9.17, 15) is 0 Å². The maximum absolute atomic E-state index is 5.62. The van der Waals surface area contributed by atoms with E-state index in [-0.39, 0.29) is 52.8 Å². The Bertz CT molecular complexity index is 3080. The van der Waals surface area contributed by atoms with Crippen LogP contribution in [0.15, 0.2) is 158 Å². The molecular formula is C74H90HfN6-4. The minimum atomic E-state index is -0.214. The molecule has 6 aromatic carbocycles. The predicted molar refractivity (Wildman–Crippen MR) is 346 cm³/mol. The molecule has 7 heteroatoms. The Hall–Kier alpha value is -6.31. The number of benzene rings is 6. The first-order valence-electron chi connectivity index (χ1n) is 29.0. The van der Waals surface area contributed by atoms with Gasteiger partial charge in [-0.25, -0.2) is 0 Å². The van der Waals surface area contributed by atoms with Crippen molar-refractivity contribution in [2.45, 2.75) is 169 Å². The van der Waals surface area contributed by atoms with Gasteiger partial charge in [-0.2, -0.15) is 0 Å². The summed E-state index contributed by atoms with van der Waals surface area (Å²) >= 11 is 0. The summed E-state index contributed by atoms with van der Waals surface area (Å²) in [5.74, 6) is 2.35. The van der Waals surface area contributed by atoms with Gasteiger partial charge in [-0.15, -0.1) is 17.4 Å². The van der Waals surface area contributed by atoms with Gasteiger partial charge in [0.05, 0.1) is 23.1 Å². The summed E-state index contributed by atoms with van der Waals surface area (Å²) in [6.07, 6.45) is 2.05. The van der Waals surface area contributed by atoms with Crippen molar-refractivity contribution >= 4 is 22.7 Å². The van der Waals surface area contributed by atoms with Gasteiger partial charge in [-0.05, 0) is 125 Å². The van der Waals surface area contributed by atoms with Crippen LogP contribution in [-0.2, 0) is 38.7 Å². The molecule has 6 nitrogen and oxygen atoms in total. The van der Waals surface area contributed by atoms with E-state index in [0.29, 0.717) is 47.6 Å². The van der Waals surface area contributed by atoms with Crippen molar-refractivity contribution < 1.29 is 25.8 Å². The molecule has 0 fully saturated rings. The van der Waals surface area contributed by atoms with E-state index < -0.39 is 0 Å². The second-order valence-corrected chi connectivity index (χ2v) is 23.9. The molecule has 8 aromatic rings. The Morgan fingerprint density at radius 2 is 0.889 bits per heavy atom. The van der Waals surface area contributed by atoms with Gasteiger partial charge < -0.3 is 36.1 Å². The second-order valence-electron chi connectivity index (χ2n) is 23.9. The van der Waals surface area contributed by atoms with Gasteiger partial charge in [0.2, 0.25) is 0 Å². The minimum absolute atomic E-state index is 0. The SMILES string of the molecule is CC(C)c1ccccc1[C@H](Nc1c(C(C)C)cccc1C(C)C)c1cccc(-c2cccc3c2N[C@H](C)C3)n1.CC(C)c1ccccc1[C@H]([N-]c1c(C(C)C)cccc1C(C)C)c1cccc(-c2cccc3c2[N-][C@H](C)C3)n1.[CH3-].[CH3-].[Hf]. The van der Waals surface area contributed by atoms with Gasteiger partial charge in [-0.3, -0.25) is 9.97 Å². The van der Waals surface area contributed by atoms with Crippen molar-refractivity contribution in [2.24, 2.45) is 0 Å². The quantitative estimate of drug-likeness (QED) is 0.0746. The summed E-state index contributed by atoms with van der Waals surface area (Å²) in [6.45, 7) is 31.7. The Balaban J connectivity index is 0.000000252. The van der Waals surface area contributed by atoms with Crippen LogP contribution in [0, 0.1) is 14.9 Å². The van der Waals surface area contributed by atoms with Gasteiger partial charge >= 0.3 is 0 Å². The number of rotatable bonds is 16. The molecule has 0 bridgehead atoms. The first kappa shape index (κ1) is 63.9. The second kappa shape index (κ2) is 28.1. The average Bonchev–Trinajstić information content (AvgIpc) is 4.15. The van der Waals surface area contributed by atoms with Crippen molar-refractivity contribution in [3.8, 4) is 22.5 Å². The summed E-state index contributed by atoms with van der Waals surface area (Å²) in [7, 11) is 0. The van der Waals surface area contributed by atoms with Gasteiger partial charge in [0, 0.05) is 54.5 Å². The van der Waals surface area contributed by atoms with E-state index in [1.54, 1.807) is 0 Å². The Morgan fingerprint density at radius 3 is 1.46 bits per heavy atom. The maximum atomic E-state index is 5.62. The van der Waals surface area contributed by atoms with Crippen LogP contribution in [0.2, 0.25) is 0 Å². The molecule has 10 rings (SSSR count). The zero-order valence-corrected chi connectivity index (χ0v) is 55.1. The van der Waals surface area contributed by atoms with Crippen LogP contribution in [0.25, 0.3) is 33.1 Å². The molecule has 2 aliphatic rings. The Kier molecular flexibility index (Phi) is 22.2. The van der Waals surface area contributed by atoms with E-state index in [1.165, 1.54) is 72.6 Å². The molecule has 0 spiro atoms. The van der Waals surface area contributed by atoms with Crippen molar-refractivity contribution in [1.82, 2.24) is 9.97 Å². The number of anilines is 2. The van der Waals surface area contributed by atoms with Crippen LogP contribution in [0.5, 0.6) is 0 Å². The van der Waals surface area contributed by atoms with E-state index in [4.69, 9.17) is 20.6 Å². The summed E-state index contributed by atoms with van der Waals surface area (Å²) in [5, 5.41) is 18.3. The molecule has 81 heavy (non-hydrogen) atoms. The zero-order valence-electron chi connectivity index (χ0n) is 51.5. The summed E-state index contributed by atoms with van der Waals surface area (Å²) in [6, 6.07) is 57.5. The number of nitrogens with zero attached hydrogens (tertiary/aromatic N) is 4. The number of para-hydroxylation sites is 4. The number of pyridine rings is 2. The average molecular weight is 1240 g/mol. The third-order valence-electron chi connectivity index (χ3n) is 15.8. The molecule has 0 saturated heterocycles. The van der Waals surface area contributed by atoms with E-state index >= 15 is 0 Å². The molecule has 0 aliphatic carbocycles. The third kappa shape index (κ3) is 14.1. The Morgan fingerprint density at radius 1 is 0.457 bits per heavy atom. The van der Waals surface area contributed by atoms with E-state index in [0.717, 1.165) is 52.6 Å². The normalized spacial score (nSPS) is 14.9. The fourth-order valence-corrected chi connectivity index (χ4v) is 11.8. The van der Waals surface area contributed by atoms with Crippen LogP contribution in [-0.4, -0.2) is 22.1 Å². The van der Waals surface area contributed by atoms with Crippen molar-refractivity contribution in [1.29, 1.82) is 0 Å². The molecule has 2 aromatic heterocycles.